The minimum absolute atomic E-state index is 0.0185. The van der Waals surface area contributed by atoms with Crippen molar-refractivity contribution in [1.82, 2.24) is 4.90 Å². The van der Waals surface area contributed by atoms with Gasteiger partial charge in [0.2, 0.25) is 5.91 Å². The Hall–Kier alpha value is -1.10. The molecule has 1 N–H and O–H groups in total. The van der Waals surface area contributed by atoms with Crippen molar-refractivity contribution in [3.63, 3.8) is 0 Å². The van der Waals surface area contributed by atoms with Crippen molar-refractivity contribution >= 4 is 11.9 Å². The summed E-state index contributed by atoms with van der Waals surface area (Å²) in [6.45, 7) is 5.00. The zero-order valence-corrected chi connectivity index (χ0v) is 9.55. The van der Waals surface area contributed by atoms with Gasteiger partial charge in [-0.1, -0.05) is 0 Å². The molecule has 4 atom stereocenters. The van der Waals surface area contributed by atoms with E-state index in [2.05, 4.69) is 0 Å². The van der Waals surface area contributed by atoms with E-state index < -0.39 is 11.9 Å². The summed E-state index contributed by atoms with van der Waals surface area (Å²) >= 11 is 0. The van der Waals surface area contributed by atoms with Gasteiger partial charge < -0.3 is 14.7 Å². The van der Waals surface area contributed by atoms with E-state index in [0.29, 0.717) is 19.6 Å². The van der Waals surface area contributed by atoms with E-state index in [0.717, 1.165) is 0 Å². The van der Waals surface area contributed by atoms with Gasteiger partial charge in [0.1, 0.15) is 0 Å². The highest BCUT2D eigenvalue weighted by atomic mass is 16.5. The molecule has 1 amide bonds. The Balaban J connectivity index is 1.97. The summed E-state index contributed by atoms with van der Waals surface area (Å²) in [4.78, 5) is 24.5. The molecule has 90 valence electrons. The molecule has 5 heteroatoms. The van der Waals surface area contributed by atoms with Crippen molar-refractivity contribution in [2.24, 2.45) is 11.8 Å². The maximum Gasteiger partial charge on any atom is 0.307 e. The molecule has 4 unspecified atom stereocenters. The van der Waals surface area contributed by atoms with Crippen LogP contribution in [0, 0.1) is 11.8 Å². The second kappa shape index (κ2) is 4.05. The average Bonchev–Trinajstić information content (AvgIpc) is 3.01. The summed E-state index contributed by atoms with van der Waals surface area (Å²) in [7, 11) is 0. The fraction of sp³-hybridized carbons (Fsp3) is 0.818. The third-order valence-electron chi connectivity index (χ3n) is 3.59. The number of aliphatic carboxylic acids is 1. The van der Waals surface area contributed by atoms with Crippen LogP contribution in [0.4, 0.5) is 0 Å². The van der Waals surface area contributed by atoms with Crippen molar-refractivity contribution < 1.29 is 19.4 Å². The Morgan fingerprint density at radius 3 is 2.56 bits per heavy atom. The number of nitrogens with zero attached hydrogens (tertiary/aromatic N) is 1. The maximum absolute atomic E-state index is 12.0. The molecule has 1 heterocycles. The minimum Gasteiger partial charge on any atom is -0.481 e. The standard InChI is InChI=1S/C11H17NO4/c1-6-7(2)16-4-3-12(6)10(13)8-5-9(8)11(14)15/h6-9H,3-5H2,1-2H3,(H,14,15). The molecular formula is C11H17NO4. The molecule has 1 aliphatic heterocycles. The van der Waals surface area contributed by atoms with Gasteiger partial charge in [0.05, 0.1) is 30.6 Å². The molecule has 5 nitrogen and oxygen atoms in total. The van der Waals surface area contributed by atoms with E-state index >= 15 is 0 Å². The molecule has 0 aromatic carbocycles. The van der Waals surface area contributed by atoms with Crippen LogP contribution in [0.5, 0.6) is 0 Å². The molecule has 16 heavy (non-hydrogen) atoms. The van der Waals surface area contributed by atoms with Crippen LogP contribution in [-0.4, -0.2) is 47.2 Å². The number of hydrogen-bond donors (Lipinski definition) is 1. The number of carboxylic acids is 1. The number of carbonyl (C=O) groups excluding carboxylic acids is 1. The van der Waals surface area contributed by atoms with Gasteiger partial charge in [-0.15, -0.1) is 0 Å². The first-order valence-electron chi connectivity index (χ1n) is 5.67. The fourth-order valence-electron chi connectivity index (χ4n) is 2.20. The predicted octanol–water partition coefficient (Wildman–Crippen LogP) is 0.343. The lowest BCUT2D eigenvalue weighted by Gasteiger charge is -2.38. The predicted molar refractivity (Wildman–Crippen MR) is 55.8 cm³/mol. The third kappa shape index (κ3) is 1.91. The summed E-state index contributed by atoms with van der Waals surface area (Å²) < 4.78 is 5.43. The van der Waals surface area contributed by atoms with Crippen LogP contribution >= 0.6 is 0 Å². The second-order valence-electron chi connectivity index (χ2n) is 4.64. The van der Waals surface area contributed by atoms with Crippen LogP contribution < -0.4 is 0 Å². The maximum atomic E-state index is 12.0. The average molecular weight is 227 g/mol. The summed E-state index contributed by atoms with van der Waals surface area (Å²) in [6, 6.07) is 0.0382. The first-order chi connectivity index (χ1) is 7.52. The SMILES string of the molecule is CC1OCCN(C(=O)C2CC2C(=O)O)C1C. The lowest BCUT2D eigenvalue weighted by molar-refractivity contribution is -0.148. The molecule has 0 aromatic rings. The Morgan fingerprint density at radius 1 is 1.31 bits per heavy atom. The second-order valence-corrected chi connectivity index (χ2v) is 4.64. The van der Waals surface area contributed by atoms with Gasteiger partial charge in [0, 0.05) is 6.54 Å². The lowest BCUT2D eigenvalue weighted by Crippen LogP contribution is -2.51. The number of hydrogen-bond acceptors (Lipinski definition) is 3. The summed E-state index contributed by atoms with van der Waals surface area (Å²) in [6.07, 6.45) is 0.520. The molecule has 2 rings (SSSR count). The number of rotatable bonds is 2. The van der Waals surface area contributed by atoms with Crippen molar-refractivity contribution in [2.45, 2.75) is 32.4 Å². The van der Waals surface area contributed by atoms with Gasteiger partial charge >= 0.3 is 5.97 Å². The number of carbonyl (C=O) groups is 2. The summed E-state index contributed by atoms with van der Waals surface area (Å²) in [5, 5.41) is 8.79. The molecule has 1 saturated carbocycles. The van der Waals surface area contributed by atoms with E-state index in [4.69, 9.17) is 9.84 Å². The van der Waals surface area contributed by atoms with Crippen LogP contribution in [0.3, 0.4) is 0 Å². The molecule has 2 fully saturated rings. The van der Waals surface area contributed by atoms with Gasteiger partial charge in [-0.2, -0.15) is 0 Å². The van der Waals surface area contributed by atoms with E-state index in [9.17, 15) is 9.59 Å². The summed E-state index contributed by atoms with van der Waals surface area (Å²) in [5.74, 6) is -1.63. The fourth-order valence-corrected chi connectivity index (χ4v) is 2.20. The van der Waals surface area contributed by atoms with E-state index in [1.165, 1.54) is 0 Å². The normalized spacial score (nSPS) is 38.2. The van der Waals surface area contributed by atoms with Gasteiger partial charge in [-0.25, -0.2) is 0 Å². The Kier molecular flexibility index (Phi) is 2.88. The van der Waals surface area contributed by atoms with E-state index in [1.54, 1.807) is 4.90 Å². The first kappa shape index (κ1) is 11.4. The van der Waals surface area contributed by atoms with Crippen molar-refractivity contribution in [3.8, 4) is 0 Å². The molecule has 2 aliphatic rings. The number of amides is 1. The van der Waals surface area contributed by atoms with Crippen molar-refractivity contribution in [3.05, 3.63) is 0 Å². The molecule has 0 aromatic heterocycles. The first-order valence-corrected chi connectivity index (χ1v) is 5.67. The Bertz CT molecular complexity index is 317. The van der Waals surface area contributed by atoms with Crippen LogP contribution in [-0.2, 0) is 14.3 Å². The zero-order valence-electron chi connectivity index (χ0n) is 9.55. The van der Waals surface area contributed by atoms with Crippen LogP contribution in [0.25, 0.3) is 0 Å². The lowest BCUT2D eigenvalue weighted by atomic mass is 10.1. The van der Waals surface area contributed by atoms with Gasteiger partial charge in [0.25, 0.3) is 0 Å². The smallest absolute Gasteiger partial charge is 0.307 e. The largest absolute Gasteiger partial charge is 0.481 e. The highest BCUT2D eigenvalue weighted by molar-refractivity contribution is 5.89. The number of carboxylic acid groups (broad SMARTS) is 1. The quantitative estimate of drug-likeness (QED) is 0.739. The minimum atomic E-state index is -0.854. The Morgan fingerprint density at radius 2 is 2.00 bits per heavy atom. The van der Waals surface area contributed by atoms with Crippen LogP contribution in [0.15, 0.2) is 0 Å². The molecule has 0 bridgehead atoms. The van der Waals surface area contributed by atoms with Crippen molar-refractivity contribution in [2.75, 3.05) is 13.2 Å². The van der Waals surface area contributed by atoms with Crippen LogP contribution in [0.2, 0.25) is 0 Å². The van der Waals surface area contributed by atoms with Crippen molar-refractivity contribution in [1.29, 1.82) is 0 Å². The molecule has 0 radical (unpaired) electrons. The van der Waals surface area contributed by atoms with Crippen LogP contribution in [0.1, 0.15) is 20.3 Å². The van der Waals surface area contributed by atoms with Gasteiger partial charge in [0.15, 0.2) is 0 Å². The highest BCUT2D eigenvalue weighted by Crippen LogP contribution is 2.40. The summed E-state index contributed by atoms with van der Waals surface area (Å²) in [5.41, 5.74) is 0. The highest BCUT2D eigenvalue weighted by Gasteiger charge is 2.50. The number of morpholine rings is 1. The zero-order chi connectivity index (χ0) is 11.9. The molecule has 1 aliphatic carbocycles. The topological polar surface area (TPSA) is 66.8 Å². The molecule has 0 spiro atoms. The van der Waals surface area contributed by atoms with E-state index in [-0.39, 0.29) is 24.0 Å². The van der Waals surface area contributed by atoms with E-state index in [1.807, 2.05) is 13.8 Å². The molecular weight excluding hydrogens is 210 g/mol. The third-order valence-corrected chi connectivity index (χ3v) is 3.59. The van der Waals surface area contributed by atoms with Gasteiger partial charge in [-0.3, -0.25) is 9.59 Å². The Labute approximate surface area is 94.4 Å². The molecule has 1 saturated heterocycles. The number of ether oxygens (including phenoxy) is 1. The van der Waals surface area contributed by atoms with Gasteiger partial charge in [-0.05, 0) is 20.3 Å². The monoisotopic (exact) mass is 227 g/mol.